The van der Waals surface area contributed by atoms with E-state index in [1.807, 2.05) is 18.2 Å². The summed E-state index contributed by atoms with van der Waals surface area (Å²) in [7, 11) is 0. The number of likely N-dealkylation sites (tertiary alicyclic amines) is 1. The molecule has 1 atom stereocenters. The molecule has 2 amide bonds. The van der Waals surface area contributed by atoms with Crippen molar-refractivity contribution < 1.29 is 23.9 Å². The second kappa shape index (κ2) is 9.03. The second-order valence-electron chi connectivity index (χ2n) is 6.57. The number of nitrogens with two attached hydrogens (primary N) is 1. The van der Waals surface area contributed by atoms with Crippen molar-refractivity contribution in [3.63, 3.8) is 0 Å². The van der Waals surface area contributed by atoms with E-state index in [1.165, 1.54) is 4.90 Å². The van der Waals surface area contributed by atoms with Crippen molar-refractivity contribution >= 4 is 17.8 Å². The predicted octanol–water partition coefficient (Wildman–Crippen LogP) is 2.36. The first kappa shape index (κ1) is 19.4. The lowest BCUT2D eigenvalue weighted by molar-refractivity contribution is -0.137. The molecule has 28 heavy (non-hydrogen) atoms. The number of para-hydroxylation sites is 2. The maximum atomic E-state index is 12.5. The fourth-order valence-electron chi connectivity index (χ4n) is 3.07. The first-order chi connectivity index (χ1) is 13.5. The van der Waals surface area contributed by atoms with E-state index >= 15 is 0 Å². The SMILES string of the molecule is NC(=O)[C@@H]1CCCN(C(=O)COC(=O)c2ccccc2Oc2ccccc2)C1. The maximum Gasteiger partial charge on any atom is 0.342 e. The zero-order chi connectivity index (χ0) is 19.9. The maximum absolute atomic E-state index is 12.5. The van der Waals surface area contributed by atoms with Gasteiger partial charge in [0.1, 0.15) is 17.1 Å². The minimum Gasteiger partial charge on any atom is -0.456 e. The Balaban J connectivity index is 1.61. The fraction of sp³-hybridized carbons (Fsp3) is 0.286. The van der Waals surface area contributed by atoms with Gasteiger partial charge in [-0.05, 0) is 37.1 Å². The monoisotopic (exact) mass is 382 g/mol. The molecule has 146 valence electrons. The van der Waals surface area contributed by atoms with Gasteiger partial charge in [-0.1, -0.05) is 30.3 Å². The van der Waals surface area contributed by atoms with Crippen LogP contribution in [-0.4, -0.2) is 42.4 Å². The Morgan fingerprint density at radius 3 is 2.50 bits per heavy atom. The van der Waals surface area contributed by atoms with E-state index in [9.17, 15) is 14.4 Å². The summed E-state index contributed by atoms with van der Waals surface area (Å²) in [4.78, 5) is 37.7. The fourth-order valence-corrected chi connectivity index (χ4v) is 3.07. The molecule has 1 fully saturated rings. The van der Waals surface area contributed by atoms with E-state index in [0.29, 0.717) is 30.9 Å². The zero-order valence-electron chi connectivity index (χ0n) is 15.4. The molecule has 0 spiro atoms. The van der Waals surface area contributed by atoms with Crippen LogP contribution in [0.25, 0.3) is 0 Å². The molecule has 0 unspecified atom stereocenters. The normalized spacial score (nSPS) is 16.3. The van der Waals surface area contributed by atoms with Crippen LogP contribution < -0.4 is 10.5 Å². The van der Waals surface area contributed by atoms with Crippen LogP contribution in [0.3, 0.4) is 0 Å². The third-order valence-corrected chi connectivity index (χ3v) is 4.58. The van der Waals surface area contributed by atoms with Gasteiger partial charge in [-0.3, -0.25) is 9.59 Å². The molecule has 0 radical (unpaired) electrons. The highest BCUT2D eigenvalue weighted by Gasteiger charge is 2.27. The molecule has 0 bridgehead atoms. The van der Waals surface area contributed by atoms with Crippen molar-refractivity contribution in [3.05, 3.63) is 60.2 Å². The Kier molecular flexibility index (Phi) is 6.26. The Morgan fingerprint density at radius 1 is 1.04 bits per heavy atom. The predicted molar refractivity (Wildman–Crippen MR) is 102 cm³/mol. The number of piperidine rings is 1. The van der Waals surface area contributed by atoms with Crippen molar-refractivity contribution in [2.75, 3.05) is 19.7 Å². The Bertz CT molecular complexity index is 853. The molecule has 1 saturated heterocycles. The third kappa shape index (κ3) is 4.88. The lowest BCUT2D eigenvalue weighted by Crippen LogP contribution is -2.45. The van der Waals surface area contributed by atoms with Crippen molar-refractivity contribution in [3.8, 4) is 11.5 Å². The third-order valence-electron chi connectivity index (χ3n) is 4.58. The molecule has 2 N–H and O–H groups in total. The first-order valence-corrected chi connectivity index (χ1v) is 9.10. The van der Waals surface area contributed by atoms with Gasteiger partial charge in [0.2, 0.25) is 5.91 Å². The molecular formula is C21H22N2O5. The number of primary amides is 1. The summed E-state index contributed by atoms with van der Waals surface area (Å²) in [6.07, 6.45) is 1.37. The lowest BCUT2D eigenvalue weighted by atomic mass is 9.97. The minimum absolute atomic E-state index is 0.229. The number of benzene rings is 2. The molecule has 0 aliphatic carbocycles. The number of carbonyl (C=O) groups is 3. The Hall–Kier alpha value is -3.35. The quantitative estimate of drug-likeness (QED) is 0.773. The molecule has 7 heteroatoms. The van der Waals surface area contributed by atoms with E-state index in [0.717, 1.165) is 0 Å². The standard InChI is InChI=1S/C21H22N2O5/c22-20(25)15-7-6-12-23(13-15)19(24)14-27-21(26)17-10-4-5-11-18(17)28-16-8-2-1-3-9-16/h1-5,8-11,15H,6-7,12-14H2,(H2,22,25)/t15-/m1/s1. The first-order valence-electron chi connectivity index (χ1n) is 9.10. The van der Waals surface area contributed by atoms with Crippen LogP contribution in [0, 0.1) is 5.92 Å². The van der Waals surface area contributed by atoms with Gasteiger partial charge in [-0.15, -0.1) is 0 Å². The van der Waals surface area contributed by atoms with E-state index in [-0.39, 0.29) is 23.9 Å². The smallest absolute Gasteiger partial charge is 0.342 e. The average Bonchev–Trinajstić information content (AvgIpc) is 2.73. The molecule has 3 rings (SSSR count). The highest BCUT2D eigenvalue weighted by Crippen LogP contribution is 2.25. The molecule has 7 nitrogen and oxygen atoms in total. The molecular weight excluding hydrogens is 360 g/mol. The molecule has 1 heterocycles. The summed E-state index contributed by atoms with van der Waals surface area (Å²) in [6, 6.07) is 15.7. The number of esters is 1. The zero-order valence-corrected chi connectivity index (χ0v) is 15.4. The van der Waals surface area contributed by atoms with Crippen molar-refractivity contribution in [1.82, 2.24) is 4.90 Å². The van der Waals surface area contributed by atoms with Crippen LogP contribution in [0.4, 0.5) is 0 Å². The number of hydrogen-bond donors (Lipinski definition) is 1. The number of ether oxygens (including phenoxy) is 2. The summed E-state index contributed by atoms with van der Waals surface area (Å²) in [5, 5.41) is 0. The Morgan fingerprint density at radius 2 is 1.75 bits per heavy atom. The largest absolute Gasteiger partial charge is 0.456 e. The van der Waals surface area contributed by atoms with Crippen LogP contribution in [0.5, 0.6) is 11.5 Å². The van der Waals surface area contributed by atoms with E-state index < -0.39 is 18.5 Å². The molecule has 0 saturated carbocycles. The van der Waals surface area contributed by atoms with E-state index in [1.54, 1.807) is 36.4 Å². The van der Waals surface area contributed by atoms with Gasteiger partial charge >= 0.3 is 5.97 Å². The van der Waals surface area contributed by atoms with Crippen molar-refractivity contribution in [1.29, 1.82) is 0 Å². The van der Waals surface area contributed by atoms with E-state index in [2.05, 4.69) is 0 Å². The van der Waals surface area contributed by atoms with Gasteiger partial charge in [0.25, 0.3) is 5.91 Å². The van der Waals surface area contributed by atoms with Crippen LogP contribution in [0.1, 0.15) is 23.2 Å². The van der Waals surface area contributed by atoms with E-state index in [4.69, 9.17) is 15.2 Å². The number of amides is 2. The number of carbonyl (C=O) groups excluding carboxylic acids is 3. The highest BCUT2D eigenvalue weighted by molar-refractivity contribution is 5.94. The molecule has 1 aliphatic heterocycles. The number of rotatable bonds is 6. The van der Waals surface area contributed by atoms with Gasteiger partial charge in [0.15, 0.2) is 6.61 Å². The van der Waals surface area contributed by atoms with Gasteiger partial charge in [0, 0.05) is 13.1 Å². The Labute approximate surface area is 163 Å². The van der Waals surface area contributed by atoms with Gasteiger partial charge in [-0.25, -0.2) is 4.79 Å². The minimum atomic E-state index is -0.650. The van der Waals surface area contributed by atoms with Crippen LogP contribution in [0.15, 0.2) is 54.6 Å². The van der Waals surface area contributed by atoms with Crippen LogP contribution in [-0.2, 0) is 14.3 Å². The van der Waals surface area contributed by atoms with Crippen molar-refractivity contribution in [2.24, 2.45) is 11.7 Å². The number of hydrogen-bond acceptors (Lipinski definition) is 5. The van der Waals surface area contributed by atoms with Gasteiger partial charge < -0.3 is 20.1 Å². The summed E-state index contributed by atoms with van der Waals surface area (Å²) in [5.41, 5.74) is 5.56. The summed E-state index contributed by atoms with van der Waals surface area (Å²) >= 11 is 0. The summed E-state index contributed by atoms with van der Waals surface area (Å²) in [5.74, 6) is -0.832. The summed E-state index contributed by atoms with van der Waals surface area (Å²) < 4.78 is 10.9. The molecule has 2 aromatic carbocycles. The average molecular weight is 382 g/mol. The van der Waals surface area contributed by atoms with Crippen LogP contribution in [0.2, 0.25) is 0 Å². The molecule has 0 aromatic heterocycles. The van der Waals surface area contributed by atoms with Gasteiger partial charge in [0.05, 0.1) is 5.92 Å². The molecule has 2 aromatic rings. The molecule has 1 aliphatic rings. The topological polar surface area (TPSA) is 98.9 Å². The second-order valence-corrected chi connectivity index (χ2v) is 6.57. The van der Waals surface area contributed by atoms with Crippen molar-refractivity contribution in [2.45, 2.75) is 12.8 Å². The van der Waals surface area contributed by atoms with Crippen LogP contribution >= 0.6 is 0 Å². The van der Waals surface area contributed by atoms with Gasteiger partial charge in [-0.2, -0.15) is 0 Å². The number of nitrogens with zero attached hydrogens (tertiary/aromatic N) is 1. The lowest BCUT2D eigenvalue weighted by Gasteiger charge is -2.31. The highest BCUT2D eigenvalue weighted by atomic mass is 16.5. The summed E-state index contributed by atoms with van der Waals surface area (Å²) in [6.45, 7) is 0.386.